The summed E-state index contributed by atoms with van der Waals surface area (Å²) < 4.78 is 12.1. The average Bonchev–Trinajstić information content (AvgIpc) is 3.87. The first-order valence-electron chi connectivity index (χ1n) is 15.2. The molecule has 0 aliphatic carbocycles. The van der Waals surface area contributed by atoms with E-state index in [4.69, 9.17) is 18.8 Å². The van der Waals surface area contributed by atoms with Crippen LogP contribution in [0.1, 0.15) is 0 Å². The van der Waals surface area contributed by atoms with Crippen molar-refractivity contribution in [1.82, 2.24) is 40.3 Å². The average molecular weight is 623 g/mol. The SMILES string of the molecule is c1ccc(-c2ccc3nc(-c4nnc(-c5cccc(-c6nnc(-c7cnc8cc(-c9ccccc9)ccc8n7)o6)c5)o4)cnc3c2)cc1. The minimum Gasteiger partial charge on any atom is -0.415 e. The Hall–Kier alpha value is -6.94. The van der Waals surface area contributed by atoms with Gasteiger partial charge in [-0.3, -0.25) is 9.97 Å². The molecule has 0 aliphatic heterocycles. The van der Waals surface area contributed by atoms with Crippen molar-refractivity contribution in [2.75, 3.05) is 0 Å². The molecule has 10 heteroatoms. The second kappa shape index (κ2) is 11.5. The van der Waals surface area contributed by atoms with E-state index in [-0.39, 0.29) is 11.8 Å². The van der Waals surface area contributed by atoms with E-state index in [1.807, 2.05) is 97.1 Å². The fraction of sp³-hybridized carbons (Fsp3) is 0. The van der Waals surface area contributed by atoms with Crippen LogP contribution in [0.15, 0.2) is 143 Å². The zero-order valence-corrected chi connectivity index (χ0v) is 25.1. The lowest BCUT2D eigenvalue weighted by atomic mass is 10.1. The van der Waals surface area contributed by atoms with Crippen molar-refractivity contribution in [2.45, 2.75) is 0 Å². The van der Waals surface area contributed by atoms with Gasteiger partial charge in [0.1, 0.15) is 11.4 Å². The van der Waals surface area contributed by atoms with E-state index in [9.17, 15) is 0 Å². The number of benzene rings is 5. The summed E-state index contributed by atoms with van der Waals surface area (Å²) in [5.41, 5.74) is 9.73. The lowest BCUT2D eigenvalue weighted by molar-refractivity contribution is 0.580. The topological polar surface area (TPSA) is 129 Å². The molecular weight excluding hydrogens is 600 g/mol. The van der Waals surface area contributed by atoms with Crippen molar-refractivity contribution in [3.8, 4) is 68.3 Å². The van der Waals surface area contributed by atoms with Gasteiger partial charge in [0.05, 0.1) is 34.5 Å². The summed E-state index contributed by atoms with van der Waals surface area (Å²) in [5.74, 6) is 1.18. The zero-order chi connectivity index (χ0) is 31.9. The van der Waals surface area contributed by atoms with Gasteiger partial charge >= 0.3 is 0 Å². The molecule has 4 aromatic heterocycles. The molecular formula is C38H22N8O2. The van der Waals surface area contributed by atoms with Crippen molar-refractivity contribution in [1.29, 1.82) is 0 Å². The molecule has 0 bridgehead atoms. The zero-order valence-electron chi connectivity index (χ0n) is 25.1. The molecule has 48 heavy (non-hydrogen) atoms. The van der Waals surface area contributed by atoms with Crippen molar-refractivity contribution < 1.29 is 8.83 Å². The molecule has 5 aromatic carbocycles. The summed E-state index contributed by atoms with van der Waals surface area (Å²) in [4.78, 5) is 18.7. The summed E-state index contributed by atoms with van der Waals surface area (Å²) in [7, 11) is 0. The van der Waals surface area contributed by atoms with Gasteiger partial charge in [-0.2, -0.15) is 0 Å². The highest BCUT2D eigenvalue weighted by Crippen LogP contribution is 2.30. The number of nitrogens with zero attached hydrogens (tertiary/aromatic N) is 8. The highest BCUT2D eigenvalue weighted by molar-refractivity contribution is 5.83. The molecule has 0 amide bonds. The molecule has 10 nitrogen and oxygen atoms in total. The molecule has 0 atom stereocenters. The lowest BCUT2D eigenvalue weighted by Crippen LogP contribution is -1.89. The first kappa shape index (κ1) is 27.4. The molecule has 0 spiro atoms. The van der Waals surface area contributed by atoms with Crippen LogP contribution in [0.2, 0.25) is 0 Å². The number of aromatic nitrogens is 8. The Morgan fingerprint density at radius 3 is 1.25 bits per heavy atom. The predicted octanol–water partition coefficient (Wildman–Crippen LogP) is 8.34. The van der Waals surface area contributed by atoms with Crippen LogP contribution in [0, 0.1) is 0 Å². The lowest BCUT2D eigenvalue weighted by Gasteiger charge is -2.04. The van der Waals surface area contributed by atoms with Crippen LogP contribution >= 0.6 is 0 Å². The second-order valence-corrected chi connectivity index (χ2v) is 11.1. The number of hydrogen-bond donors (Lipinski definition) is 0. The van der Waals surface area contributed by atoms with E-state index < -0.39 is 0 Å². The van der Waals surface area contributed by atoms with Crippen molar-refractivity contribution in [2.24, 2.45) is 0 Å². The maximum Gasteiger partial charge on any atom is 0.268 e. The third-order valence-corrected chi connectivity index (χ3v) is 7.94. The van der Waals surface area contributed by atoms with E-state index >= 15 is 0 Å². The quantitative estimate of drug-likeness (QED) is 0.178. The van der Waals surface area contributed by atoms with Crippen LogP contribution in [0.3, 0.4) is 0 Å². The van der Waals surface area contributed by atoms with Gasteiger partial charge in [0.15, 0.2) is 0 Å². The normalized spacial score (nSPS) is 11.3. The Labute approximate surface area is 272 Å². The highest BCUT2D eigenvalue weighted by Gasteiger charge is 2.17. The Bertz CT molecular complexity index is 2410. The van der Waals surface area contributed by atoms with E-state index in [0.717, 1.165) is 44.3 Å². The molecule has 4 heterocycles. The number of fused-ring (bicyclic) bond motifs is 2. The first-order valence-corrected chi connectivity index (χ1v) is 15.2. The molecule has 0 saturated carbocycles. The Morgan fingerprint density at radius 1 is 0.333 bits per heavy atom. The molecule has 0 unspecified atom stereocenters. The van der Waals surface area contributed by atoms with Crippen LogP contribution in [-0.4, -0.2) is 40.3 Å². The van der Waals surface area contributed by atoms with Crippen LogP contribution < -0.4 is 0 Å². The molecule has 0 saturated heterocycles. The largest absolute Gasteiger partial charge is 0.415 e. The summed E-state index contributed by atoms with van der Waals surface area (Å²) >= 11 is 0. The van der Waals surface area contributed by atoms with Crippen LogP contribution in [-0.2, 0) is 0 Å². The molecule has 0 aliphatic rings. The van der Waals surface area contributed by atoms with Gasteiger partial charge in [0.25, 0.3) is 11.8 Å². The minimum atomic E-state index is 0.266. The number of rotatable bonds is 6. The first-order chi connectivity index (χ1) is 23.7. The maximum atomic E-state index is 6.03. The molecule has 9 rings (SSSR count). The van der Waals surface area contributed by atoms with E-state index in [1.54, 1.807) is 12.4 Å². The molecule has 0 N–H and O–H groups in total. The van der Waals surface area contributed by atoms with Gasteiger partial charge in [-0.05, 0) is 64.7 Å². The van der Waals surface area contributed by atoms with E-state index in [2.05, 4.69) is 54.6 Å². The second-order valence-electron chi connectivity index (χ2n) is 11.1. The fourth-order valence-corrected chi connectivity index (χ4v) is 5.52. The van der Waals surface area contributed by atoms with Crippen molar-refractivity contribution in [3.63, 3.8) is 0 Å². The van der Waals surface area contributed by atoms with Crippen LogP contribution in [0.4, 0.5) is 0 Å². The summed E-state index contributed by atoms with van der Waals surface area (Å²) in [6.45, 7) is 0. The molecule has 0 fully saturated rings. The van der Waals surface area contributed by atoms with Crippen molar-refractivity contribution in [3.05, 3.63) is 134 Å². The maximum absolute atomic E-state index is 6.03. The molecule has 0 radical (unpaired) electrons. The van der Waals surface area contributed by atoms with Gasteiger partial charge in [0.2, 0.25) is 11.8 Å². The van der Waals surface area contributed by atoms with Crippen LogP contribution in [0.5, 0.6) is 0 Å². The molecule has 9 aromatic rings. The van der Waals surface area contributed by atoms with Gasteiger partial charge in [-0.15, -0.1) is 20.4 Å². The van der Waals surface area contributed by atoms with E-state index in [1.165, 1.54) is 0 Å². The highest BCUT2D eigenvalue weighted by atomic mass is 16.4. The van der Waals surface area contributed by atoms with E-state index in [0.29, 0.717) is 34.3 Å². The third kappa shape index (κ3) is 5.13. The van der Waals surface area contributed by atoms with Gasteiger partial charge < -0.3 is 8.83 Å². The van der Waals surface area contributed by atoms with Gasteiger partial charge in [-0.25, -0.2) is 9.97 Å². The van der Waals surface area contributed by atoms with Gasteiger partial charge in [-0.1, -0.05) is 78.9 Å². The van der Waals surface area contributed by atoms with Crippen LogP contribution in [0.25, 0.3) is 90.4 Å². The minimum absolute atomic E-state index is 0.266. The summed E-state index contributed by atoms with van der Waals surface area (Å²) in [5, 5.41) is 17.0. The molecule has 226 valence electrons. The van der Waals surface area contributed by atoms with Gasteiger partial charge in [0, 0.05) is 11.1 Å². The van der Waals surface area contributed by atoms with Crippen molar-refractivity contribution >= 4 is 22.1 Å². The Kier molecular flexibility index (Phi) is 6.53. The Balaban J connectivity index is 0.958. The fourth-order valence-electron chi connectivity index (χ4n) is 5.52. The standard InChI is InChI=1S/C38H22N8O2/c1-3-8-23(9-4-1)25-14-16-29-31(19-25)39-21-33(41-29)37-45-43-35(47-37)27-12-7-13-28(18-27)36-44-46-38(48-36)34-22-40-32-20-26(15-17-30(32)42-34)24-10-5-2-6-11-24/h1-22H. The Morgan fingerprint density at radius 2 is 0.771 bits per heavy atom. The smallest absolute Gasteiger partial charge is 0.268 e. The summed E-state index contributed by atoms with van der Waals surface area (Å²) in [6, 6.07) is 39.7. The monoisotopic (exact) mass is 622 g/mol. The third-order valence-electron chi connectivity index (χ3n) is 7.94. The predicted molar refractivity (Wildman–Crippen MR) is 181 cm³/mol. The number of hydrogen-bond acceptors (Lipinski definition) is 10. The summed E-state index contributed by atoms with van der Waals surface area (Å²) in [6.07, 6.45) is 3.28.